The predicted octanol–water partition coefficient (Wildman–Crippen LogP) is 3.43. The standard InChI is InChI=1S/C24H12N2O11S4/c27-21-15-7-5-13(11-17(15)23(29)25(21)36-40(31,32)19-3-1-9-38-19)35-14-6-8-16-18(12-14)24(30)26(22(16)28)37-41(33,34)20-4-2-10-39-20/h1-12H. The number of thiophene rings is 2. The fraction of sp³-hybridized carbons (Fsp3) is 0. The van der Waals surface area contributed by atoms with Crippen LogP contribution in [0.25, 0.3) is 0 Å². The first-order chi connectivity index (χ1) is 19.5. The van der Waals surface area contributed by atoms with Gasteiger partial charge in [0, 0.05) is 0 Å². The molecule has 2 aromatic carbocycles. The van der Waals surface area contributed by atoms with Crippen LogP contribution in [0.5, 0.6) is 11.5 Å². The Bertz CT molecular complexity index is 1840. The summed E-state index contributed by atoms with van der Waals surface area (Å²) in [6.07, 6.45) is 0. The van der Waals surface area contributed by atoms with Gasteiger partial charge in [0.1, 0.15) is 19.9 Å². The van der Waals surface area contributed by atoms with Crippen molar-refractivity contribution in [2.45, 2.75) is 8.42 Å². The van der Waals surface area contributed by atoms with Crippen LogP contribution in [0.3, 0.4) is 0 Å². The van der Waals surface area contributed by atoms with Crippen LogP contribution >= 0.6 is 22.7 Å². The number of carbonyl (C=O) groups is 4. The molecule has 0 radical (unpaired) electrons. The van der Waals surface area contributed by atoms with Crippen LogP contribution in [0.4, 0.5) is 0 Å². The number of hydrogen-bond donors (Lipinski definition) is 0. The van der Waals surface area contributed by atoms with E-state index < -0.39 is 43.9 Å². The van der Waals surface area contributed by atoms with Gasteiger partial charge in [0.25, 0.3) is 23.6 Å². The van der Waals surface area contributed by atoms with Crippen molar-refractivity contribution in [2.75, 3.05) is 0 Å². The molecule has 4 aromatic rings. The minimum Gasteiger partial charge on any atom is -0.457 e. The number of ether oxygens (including phenoxy) is 1. The Labute approximate surface area is 238 Å². The molecule has 17 heteroatoms. The van der Waals surface area contributed by atoms with E-state index in [-0.39, 0.29) is 52.3 Å². The van der Waals surface area contributed by atoms with E-state index in [9.17, 15) is 36.0 Å². The number of imide groups is 2. The van der Waals surface area contributed by atoms with Gasteiger partial charge in [-0.15, -0.1) is 41.4 Å². The Hall–Kier alpha value is -4.26. The number of fused-ring (bicyclic) bond motifs is 2. The van der Waals surface area contributed by atoms with Gasteiger partial charge in [-0.3, -0.25) is 19.2 Å². The Morgan fingerprint density at radius 2 is 0.927 bits per heavy atom. The lowest BCUT2D eigenvalue weighted by Gasteiger charge is -2.11. The van der Waals surface area contributed by atoms with E-state index in [2.05, 4.69) is 0 Å². The Morgan fingerprint density at radius 3 is 1.29 bits per heavy atom. The second-order valence-electron chi connectivity index (χ2n) is 8.25. The van der Waals surface area contributed by atoms with E-state index >= 15 is 0 Å². The van der Waals surface area contributed by atoms with Crippen molar-refractivity contribution >= 4 is 66.5 Å². The molecule has 0 N–H and O–H groups in total. The first-order valence-electron chi connectivity index (χ1n) is 11.2. The Balaban J connectivity index is 1.21. The van der Waals surface area contributed by atoms with Gasteiger partial charge in [-0.1, -0.05) is 12.1 Å². The van der Waals surface area contributed by atoms with Crippen LogP contribution in [0.2, 0.25) is 0 Å². The second-order valence-corrected chi connectivity index (χ2v) is 13.7. The molecule has 0 bridgehead atoms. The maximum atomic E-state index is 12.8. The van der Waals surface area contributed by atoms with Crippen molar-refractivity contribution in [1.82, 2.24) is 10.1 Å². The first-order valence-corrected chi connectivity index (χ1v) is 15.7. The molecule has 208 valence electrons. The molecular weight excluding hydrogens is 621 g/mol. The number of hydroxylamine groups is 4. The molecule has 2 aliphatic heterocycles. The highest BCUT2D eigenvalue weighted by molar-refractivity contribution is 7.89. The van der Waals surface area contributed by atoms with Crippen molar-refractivity contribution in [3.05, 3.63) is 93.7 Å². The lowest BCUT2D eigenvalue weighted by Crippen LogP contribution is -2.32. The van der Waals surface area contributed by atoms with Crippen molar-refractivity contribution in [3.63, 3.8) is 0 Å². The lowest BCUT2D eigenvalue weighted by molar-refractivity contribution is -0.0106. The van der Waals surface area contributed by atoms with Crippen molar-refractivity contribution in [1.29, 1.82) is 0 Å². The lowest BCUT2D eigenvalue weighted by atomic mass is 10.1. The molecule has 0 spiro atoms. The molecule has 0 saturated heterocycles. The normalized spacial score (nSPS) is 15.0. The highest BCUT2D eigenvalue weighted by Gasteiger charge is 2.42. The first kappa shape index (κ1) is 26.9. The average molecular weight is 633 g/mol. The summed E-state index contributed by atoms with van der Waals surface area (Å²) in [6.45, 7) is 0. The van der Waals surface area contributed by atoms with Crippen LogP contribution in [-0.4, -0.2) is 50.6 Å². The third-order valence-corrected chi connectivity index (χ3v) is 10.8. The maximum absolute atomic E-state index is 12.8. The minimum atomic E-state index is -4.43. The molecule has 4 heterocycles. The van der Waals surface area contributed by atoms with Gasteiger partial charge < -0.3 is 4.74 Å². The summed E-state index contributed by atoms with van der Waals surface area (Å²) in [4.78, 5) is 51.0. The zero-order chi connectivity index (χ0) is 29.1. The molecule has 0 saturated carbocycles. The topological polar surface area (TPSA) is 171 Å². The predicted molar refractivity (Wildman–Crippen MR) is 139 cm³/mol. The molecule has 6 rings (SSSR count). The number of carbonyl (C=O) groups excluding carboxylic acids is 4. The van der Waals surface area contributed by atoms with Crippen LogP contribution in [0.15, 0.2) is 79.8 Å². The largest absolute Gasteiger partial charge is 0.457 e. The maximum Gasteiger partial charge on any atom is 0.327 e. The monoisotopic (exact) mass is 632 g/mol. The molecule has 0 aliphatic carbocycles. The molecule has 2 aromatic heterocycles. The highest BCUT2D eigenvalue weighted by Crippen LogP contribution is 2.34. The van der Waals surface area contributed by atoms with Crippen molar-refractivity contribution in [2.24, 2.45) is 0 Å². The SMILES string of the molecule is O=C1c2ccc(Oc3ccc4c(c3)C(=O)N(OS(=O)(=O)c3cccs3)C4=O)cc2C(=O)N1OS(=O)(=O)c1cccs1. The molecule has 2 aliphatic rings. The summed E-state index contributed by atoms with van der Waals surface area (Å²) >= 11 is 1.69. The third kappa shape index (κ3) is 4.63. The van der Waals surface area contributed by atoms with Crippen LogP contribution < -0.4 is 4.74 Å². The van der Waals surface area contributed by atoms with E-state index in [1.165, 1.54) is 71.4 Å². The number of benzene rings is 2. The van der Waals surface area contributed by atoms with Gasteiger partial charge in [0.05, 0.1) is 22.3 Å². The number of nitrogens with zero attached hydrogens (tertiary/aromatic N) is 2. The van der Waals surface area contributed by atoms with Crippen LogP contribution in [0.1, 0.15) is 41.4 Å². The summed E-state index contributed by atoms with van der Waals surface area (Å²) in [5, 5.41) is 3.26. The number of amides is 4. The van der Waals surface area contributed by atoms with Gasteiger partial charge in [0.2, 0.25) is 0 Å². The molecule has 0 unspecified atom stereocenters. The summed E-state index contributed by atoms with van der Waals surface area (Å²) in [5.41, 5.74) is -0.643. The average Bonchev–Trinajstić information content (AvgIpc) is 3.74. The second kappa shape index (κ2) is 9.68. The Kier molecular flexibility index (Phi) is 6.36. The molecule has 41 heavy (non-hydrogen) atoms. The van der Waals surface area contributed by atoms with Crippen molar-refractivity contribution in [3.8, 4) is 11.5 Å². The van der Waals surface area contributed by atoms with E-state index in [0.717, 1.165) is 22.7 Å². The quantitative estimate of drug-likeness (QED) is 0.261. The van der Waals surface area contributed by atoms with E-state index in [0.29, 0.717) is 0 Å². The number of hydrogen-bond acceptors (Lipinski definition) is 13. The van der Waals surface area contributed by atoms with E-state index in [1.54, 1.807) is 0 Å². The van der Waals surface area contributed by atoms with Gasteiger partial charge in [0.15, 0.2) is 0 Å². The van der Waals surface area contributed by atoms with Crippen LogP contribution in [-0.2, 0) is 28.8 Å². The molecule has 4 amide bonds. The minimum absolute atomic E-state index is 0.0259. The molecule has 13 nitrogen and oxygen atoms in total. The Morgan fingerprint density at radius 1 is 0.537 bits per heavy atom. The molecule has 0 fully saturated rings. The smallest absolute Gasteiger partial charge is 0.327 e. The molecule has 0 atom stereocenters. The third-order valence-electron chi connectivity index (χ3n) is 5.71. The number of rotatable bonds is 8. The summed E-state index contributed by atoms with van der Waals surface area (Å²) < 4.78 is 64.6. The van der Waals surface area contributed by atoms with Crippen LogP contribution in [0, 0.1) is 0 Å². The van der Waals surface area contributed by atoms with Gasteiger partial charge in [-0.25, -0.2) is 0 Å². The van der Waals surface area contributed by atoms with Crippen molar-refractivity contribution < 1.29 is 49.3 Å². The van der Waals surface area contributed by atoms with E-state index in [4.69, 9.17) is 13.3 Å². The van der Waals surface area contributed by atoms with Gasteiger partial charge in [-0.05, 0) is 59.3 Å². The molecular formula is C24H12N2O11S4. The van der Waals surface area contributed by atoms with Gasteiger partial charge in [-0.2, -0.15) is 16.8 Å². The fourth-order valence-corrected chi connectivity index (χ4v) is 7.53. The highest BCUT2D eigenvalue weighted by atomic mass is 32.3. The zero-order valence-corrected chi connectivity index (χ0v) is 23.2. The zero-order valence-electron chi connectivity index (χ0n) is 19.9. The summed E-state index contributed by atoms with van der Waals surface area (Å²) in [5.74, 6) is -4.00. The van der Waals surface area contributed by atoms with E-state index in [1.807, 2.05) is 0 Å². The fourth-order valence-electron chi connectivity index (χ4n) is 3.88. The van der Waals surface area contributed by atoms with Gasteiger partial charge >= 0.3 is 20.2 Å². The summed E-state index contributed by atoms with van der Waals surface area (Å²) in [7, 11) is -8.85. The summed E-state index contributed by atoms with van der Waals surface area (Å²) in [6, 6.07) is 12.9.